The van der Waals surface area contributed by atoms with E-state index in [-0.39, 0.29) is 0 Å². The molecule has 0 saturated heterocycles. The summed E-state index contributed by atoms with van der Waals surface area (Å²) in [5.74, 6) is 1.81. The molecule has 0 nitrogen and oxygen atoms in total. The Balaban J connectivity index is 1.37. The summed E-state index contributed by atoms with van der Waals surface area (Å²) in [4.78, 5) is 0. The molecule has 0 aliphatic heterocycles. The summed E-state index contributed by atoms with van der Waals surface area (Å²) in [6.07, 6.45) is 19.6. The Kier molecular flexibility index (Phi) is 7.84. The van der Waals surface area contributed by atoms with Crippen LogP contribution in [0.1, 0.15) is 95.6 Å². The normalized spacial score (nSPS) is 21.5. The highest BCUT2D eigenvalue weighted by Gasteiger charge is 2.16. The summed E-state index contributed by atoms with van der Waals surface area (Å²) < 4.78 is 0. The van der Waals surface area contributed by atoms with Gasteiger partial charge >= 0.3 is 0 Å². The fourth-order valence-corrected chi connectivity index (χ4v) is 5.37. The monoisotopic (exact) mass is 412 g/mol. The number of rotatable bonds is 8. The van der Waals surface area contributed by atoms with Crippen LogP contribution in [0, 0.1) is 11.8 Å². The summed E-state index contributed by atoms with van der Waals surface area (Å²) >= 11 is 0. The van der Waals surface area contributed by atoms with Crippen LogP contribution >= 0.6 is 0 Å². The van der Waals surface area contributed by atoms with Crippen molar-refractivity contribution in [1.82, 2.24) is 0 Å². The van der Waals surface area contributed by atoms with Gasteiger partial charge in [0.15, 0.2) is 0 Å². The van der Waals surface area contributed by atoms with Crippen LogP contribution in [0.2, 0.25) is 0 Å². The molecule has 2 atom stereocenters. The Morgan fingerprint density at radius 2 is 1.10 bits per heavy atom. The minimum atomic E-state index is 0.896. The van der Waals surface area contributed by atoms with Gasteiger partial charge in [0, 0.05) is 0 Å². The maximum atomic E-state index is 2.52. The van der Waals surface area contributed by atoms with E-state index in [1.54, 1.807) is 11.1 Å². The van der Waals surface area contributed by atoms with Crippen LogP contribution in [0.5, 0.6) is 0 Å². The lowest BCUT2D eigenvalue weighted by Gasteiger charge is -2.22. The molecule has 2 aromatic carbocycles. The topological polar surface area (TPSA) is 0 Å². The van der Waals surface area contributed by atoms with Crippen molar-refractivity contribution in [3.05, 3.63) is 71.8 Å². The number of unbranched alkanes of at least 4 members (excludes halogenated alkanes) is 2. The minimum Gasteiger partial charge on any atom is -0.0804 e. The van der Waals surface area contributed by atoms with Crippen molar-refractivity contribution in [1.29, 1.82) is 0 Å². The molecular formula is C31H40. The van der Waals surface area contributed by atoms with E-state index in [1.807, 2.05) is 0 Å². The molecule has 0 radical (unpaired) electrons. The summed E-state index contributed by atoms with van der Waals surface area (Å²) in [6, 6.07) is 18.5. The van der Waals surface area contributed by atoms with Crippen molar-refractivity contribution < 1.29 is 0 Å². The van der Waals surface area contributed by atoms with Gasteiger partial charge in [0.25, 0.3) is 0 Å². The fourth-order valence-electron chi connectivity index (χ4n) is 5.37. The first-order valence-corrected chi connectivity index (χ1v) is 12.9. The second kappa shape index (κ2) is 11.0. The van der Waals surface area contributed by atoms with E-state index in [0.717, 1.165) is 11.8 Å². The van der Waals surface area contributed by atoms with E-state index >= 15 is 0 Å². The van der Waals surface area contributed by atoms with Gasteiger partial charge in [0.05, 0.1) is 0 Å². The minimum absolute atomic E-state index is 0.896. The van der Waals surface area contributed by atoms with Gasteiger partial charge in [-0.25, -0.2) is 0 Å². The maximum absolute atomic E-state index is 2.52. The SMILES string of the molecule is CCCCCC1CC=C(c2ccc(-c3ccc(C4=CCC(CC)CC4)cc3)cc2)CC1. The summed E-state index contributed by atoms with van der Waals surface area (Å²) in [6.45, 7) is 4.62. The molecule has 2 aromatic rings. The highest BCUT2D eigenvalue weighted by Crippen LogP contribution is 2.35. The molecule has 0 heteroatoms. The second-order valence-electron chi connectivity index (χ2n) is 9.80. The Labute approximate surface area is 190 Å². The first-order chi connectivity index (χ1) is 15.3. The van der Waals surface area contributed by atoms with E-state index in [1.165, 1.54) is 92.9 Å². The zero-order chi connectivity index (χ0) is 21.5. The molecule has 0 bridgehead atoms. The Morgan fingerprint density at radius 3 is 1.52 bits per heavy atom. The van der Waals surface area contributed by atoms with Crippen LogP contribution in [0.3, 0.4) is 0 Å². The quantitative estimate of drug-likeness (QED) is 0.378. The lowest BCUT2D eigenvalue weighted by Crippen LogP contribution is -2.05. The molecule has 164 valence electrons. The maximum Gasteiger partial charge on any atom is -0.0184 e. The van der Waals surface area contributed by atoms with Crippen molar-refractivity contribution in [2.45, 2.75) is 84.5 Å². The van der Waals surface area contributed by atoms with Crippen LogP contribution in [-0.4, -0.2) is 0 Å². The van der Waals surface area contributed by atoms with Crippen LogP contribution in [0.4, 0.5) is 0 Å². The van der Waals surface area contributed by atoms with Gasteiger partial charge in [-0.05, 0) is 83.8 Å². The molecule has 2 aliphatic carbocycles. The number of hydrogen-bond donors (Lipinski definition) is 0. The van der Waals surface area contributed by atoms with E-state index in [2.05, 4.69) is 74.5 Å². The number of hydrogen-bond acceptors (Lipinski definition) is 0. The standard InChI is InChI=1S/C31H40/c1-3-5-6-7-25-10-14-27(15-11-25)29-18-22-31(23-19-29)30-20-16-28(17-21-30)26-12-8-24(4-2)9-13-26/h12,14,16-25H,3-11,13,15H2,1-2H3. The van der Waals surface area contributed by atoms with Gasteiger partial charge in [-0.1, -0.05) is 107 Å². The average Bonchev–Trinajstić information content (AvgIpc) is 2.85. The van der Waals surface area contributed by atoms with E-state index < -0.39 is 0 Å². The largest absolute Gasteiger partial charge is 0.0804 e. The third-order valence-corrected chi connectivity index (χ3v) is 7.68. The molecule has 0 N–H and O–H groups in total. The van der Waals surface area contributed by atoms with Gasteiger partial charge in [-0.15, -0.1) is 0 Å². The van der Waals surface area contributed by atoms with Crippen molar-refractivity contribution >= 4 is 11.1 Å². The molecule has 0 spiro atoms. The third kappa shape index (κ3) is 5.79. The van der Waals surface area contributed by atoms with Crippen molar-refractivity contribution in [2.75, 3.05) is 0 Å². The highest BCUT2D eigenvalue weighted by molar-refractivity contribution is 5.73. The zero-order valence-electron chi connectivity index (χ0n) is 19.7. The number of allylic oxidation sites excluding steroid dienone is 4. The first kappa shape index (κ1) is 22.1. The van der Waals surface area contributed by atoms with Crippen LogP contribution in [0.25, 0.3) is 22.3 Å². The van der Waals surface area contributed by atoms with Crippen LogP contribution in [-0.2, 0) is 0 Å². The molecule has 0 fully saturated rings. The first-order valence-electron chi connectivity index (χ1n) is 12.9. The van der Waals surface area contributed by atoms with Gasteiger partial charge in [0.2, 0.25) is 0 Å². The Morgan fingerprint density at radius 1 is 0.613 bits per heavy atom. The van der Waals surface area contributed by atoms with Crippen molar-refractivity contribution in [3.8, 4) is 11.1 Å². The Hall–Kier alpha value is -2.08. The average molecular weight is 413 g/mol. The van der Waals surface area contributed by atoms with Gasteiger partial charge in [-0.3, -0.25) is 0 Å². The molecule has 31 heavy (non-hydrogen) atoms. The highest BCUT2D eigenvalue weighted by atomic mass is 14.2. The summed E-state index contributed by atoms with van der Waals surface area (Å²) in [7, 11) is 0. The van der Waals surface area contributed by atoms with E-state index in [9.17, 15) is 0 Å². The predicted octanol–water partition coefficient (Wildman–Crippen LogP) is 9.71. The van der Waals surface area contributed by atoms with Gasteiger partial charge in [-0.2, -0.15) is 0 Å². The zero-order valence-corrected chi connectivity index (χ0v) is 19.7. The molecule has 0 aromatic heterocycles. The van der Waals surface area contributed by atoms with Crippen molar-refractivity contribution in [3.63, 3.8) is 0 Å². The third-order valence-electron chi connectivity index (χ3n) is 7.68. The van der Waals surface area contributed by atoms with E-state index in [0.29, 0.717) is 0 Å². The fraction of sp³-hybridized carbons (Fsp3) is 0.484. The van der Waals surface area contributed by atoms with E-state index in [4.69, 9.17) is 0 Å². The predicted molar refractivity (Wildman–Crippen MR) is 137 cm³/mol. The molecular weight excluding hydrogens is 372 g/mol. The van der Waals surface area contributed by atoms with Crippen LogP contribution in [0.15, 0.2) is 60.7 Å². The lowest BCUT2D eigenvalue weighted by molar-refractivity contribution is 0.428. The summed E-state index contributed by atoms with van der Waals surface area (Å²) in [5, 5.41) is 0. The number of benzene rings is 2. The second-order valence-corrected chi connectivity index (χ2v) is 9.80. The molecule has 2 unspecified atom stereocenters. The smallest absolute Gasteiger partial charge is 0.0184 e. The molecule has 2 aliphatic rings. The molecule has 0 amide bonds. The lowest BCUT2D eigenvalue weighted by atomic mass is 9.83. The van der Waals surface area contributed by atoms with Gasteiger partial charge < -0.3 is 0 Å². The Bertz CT molecular complexity index is 879. The summed E-state index contributed by atoms with van der Waals surface area (Å²) in [5.41, 5.74) is 8.59. The molecule has 4 rings (SSSR count). The van der Waals surface area contributed by atoms with Gasteiger partial charge in [0.1, 0.15) is 0 Å². The van der Waals surface area contributed by atoms with Crippen LogP contribution < -0.4 is 0 Å². The van der Waals surface area contributed by atoms with Crippen molar-refractivity contribution in [2.24, 2.45) is 11.8 Å². The molecule has 0 heterocycles. The molecule has 0 saturated carbocycles.